The van der Waals surface area contributed by atoms with E-state index in [9.17, 15) is 9.59 Å². The van der Waals surface area contributed by atoms with Crippen LogP contribution in [0.2, 0.25) is 5.02 Å². The molecule has 1 fully saturated rings. The van der Waals surface area contributed by atoms with Gasteiger partial charge in [0.1, 0.15) is 0 Å². The Morgan fingerprint density at radius 2 is 1.56 bits per heavy atom. The lowest BCUT2D eigenvalue weighted by Gasteiger charge is -2.29. The molecule has 0 aromatic heterocycles. The molecule has 1 aliphatic heterocycles. The summed E-state index contributed by atoms with van der Waals surface area (Å²) in [4.78, 5) is 23.8. The van der Waals surface area contributed by atoms with Gasteiger partial charge in [-0.2, -0.15) is 0 Å². The second-order valence-electron chi connectivity index (χ2n) is 5.97. The van der Waals surface area contributed by atoms with Gasteiger partial charge in [0.15, 0.2) is 5.57 Å². The van der Waals surface area contributed by atoms with Crippen LogP contribution in [0.3, 0.4) is 0 Å². The van der Waals surface area contributed by atoms with Crippen LogP contribution in [0.25, 0.3) is 11.1 Å². The number of cyclic esters (lactones) is 2. The number of carbonyl (C=O) groups excluding carboxylic acids is 2. The Hall–Kier alpha value is -2.79. The third-order valence-electron chi connectivity index (χ3n) is 3.52. The molecule has 0 atom stereocenters. The van der Waals surface area contributed by atoms with E-state index in [0.29, 0.717) is 10.7 Å². The van der Waals surface area contributed by atoms with Gasteiger partial charge in [0.2, 0.25) is 0 Å². The summed E-state index contributed by atoms with van der Waals surface area (Å²) in [6.45, 7) is 3.00. The minimum absolute atomic E-state index is 0.188. The summed E-state index contributed by atoms with van der Waals surface area (Å²) >= 11 is 6.02. The topological polar surface area (TPSA) is 64.6 Å². The van der Waals surface area contributed by atoms with Gasteiger partial charge in [-0.25, -0.2) is 9.59 Å². The highest BCUT2D eigenvalue weighted by Gasteiger charge is 2.38. The van der Waals surface area contributed by atoms with Gasteiger partial charge in [0.05, 0.1) is 0 Å². The molecule has 0 amide bonds. The summed E-state index contributed by atoms with van der Waals surface area (Å²) < 4.78 is 10.1. The van der Waals surface area contributed by atoms with Crippen LogP contribution in [0.15, 0.2) is 60.3 Å². The summed E-state index contributed by atoms with van der Waals surface area (Å²) in [7, 11) is 0. The van der Waals surface area contributed by atoms with Crippen LogP contribution in [0.5, 0.6) is 0 Å². The van der Waals surface area contributed by atoms with E-state index >= 15 is 0 Å². The number of halogens is 1. The Morgan fingerprint density at radius 3 is 2.20 bits per heavy atom. The fraction of sp³-hybridized carbons (Fsp3) is 0.158. The van der Waals surface area contributed by atoms with E-state index in [4.69, 9.17) is 21.1 Å². The molecule has 2 aromatic carbocycles. The van der Waals surface area contributed by atoms with Crippen LogP contribution >= 0.6 is 11.6 Å². The molecule has 2 aromatic rings. The van der Waals surface area contributed by atoms with Crippen molar-refractivity contribution in [2.45, 2.75) is 19.6 Å². The Bertz CT molecular complexity index is 851. The standard InChI is InChI=1S/C19H16ClNO4/c1-19(2)24-17(22)16(18(23)25-19)11-21-15-8-4-6-13(10-15)12-5-3-7-14(20)9-12/h3-11,21H,1-2H3. The van der Waals surface area contributed by atoms with Gasteiger partial charge in [0.25, 0.3) is 5.79 Å². The lowest BCUT2D eigenvalue weighted by atomic mass is 10.1. The molecule has 0 spiro atoms. The molecule has 128 valence electrons. The highest BCUT2D eigenvalue weighted by atomic mass is 35.5. The van der Waals surface area contributed by atoms with Crippen LogP contribution in [-0.2, 0) is 19.1 Å². The van der Waals surface area contributed by atoms with E-state index in [1.165, 1.54) is 20.0 Å². The van der Waals surface area contributed by atoms with Crippen LogP contribution in [0.1, 0.15) is 13.8 Å². The first-order valence-corrected chi connectivity index (χ1v) is 8.01. The summed E-state index contributed by atoms with van der Waals surface area (Å²) in [6, 6.07) is 15.0. The van der Waals surface area contributed by atoms with Gasteiger partial charge in [-0.1, -0.05) is 35.9 Å². The van der Waals surface area contributed by atoms with E-state index in [1.54, 1.807) is 6.07 Å². The van der Waals surface area contributed by atoms with Crippen LogP contribution in [-0.4, -0.2) is 17.7 Å². The zero-order valence-corrected chi connectivity index (χ0v) is 14.5. The third-order valence-corrected chi connectivity index (χ3v) is 3.76. The number of carbonyl (C=O) groups is 2. The van der Waals surface area contributed by atoms with Crippen molar-refractivity contribution in [1.82, 2.24) is 0 Å². The molecule has 1 aliphatic rings. The Labute approximate surface area is 150 Å². The number of hydrogen-bond donors (Lipinski definition) is 1. The molecule has 6 heteroatoms. The van der Waals surface area contributed by atoms with Gasteiger partial charge in [-0.05, 0) is 35.4 Å². The zero-order valence-electron chi connectivity index (χ0n) is 13.7. The van der Waals surface area contributed by atoms with Crippen molar-refractivity contribution in [2.24, 2.45) is 0 Å². The highest BCUT2D eigenvalue weighted by Crippen LogP contribution is 2.26. The van der Waals surface area contributed by atoms with E-state index in [1.807, 2.05) is 42.5 Å². The average molecular weight is 358 g/mol. The fourth-order valence-electron chi connectivity index (χ4n) is 2.39. The first-order valence-electron chi connectivity index (χ1n) is 7.63. The number of ether oxygens (including phenoxy) is 2. The third kappa shape index (κ3) is 4.00. The van der Waals surface area contributed by atoms with Crippen molar-refractivity contribution in [2.75, 3.05) is 5.32 Å². The molecule has 0 aliphatic carbocycles. The van der Waals surface area contributed by atoms with Gasteiger partial charge in [-0.3, -0.25) is 0 Å². The highest BCUT2D eigenvalue weighted by molar-refractivity contribution is 6.30. The Morgan fingerprint density at radius 1 is 0.960 bits per heavy atom. The predicted molar refractivity (Wildman–Crippen MR) is 94.9 cm³/mol. The molecule has 5 nitrogen and oxygen atoms in total. The van der Waals surface area contributed by atoms with Gasteiger partial charge < -0.3 is 14.8 Å². The van der Waals surface area contributed by atoms with Crippen molar-refractivity contribution in [3.63, 3.8) is 0 Å². The van der Waals surface area contributed by atoms with Crippen molar-refractivity contribution >= 4 is 29.2 Å². The summed E-state index contributed by atoms with van der Waals surface area (Å²) in [5, 5.41) is 3.58. The predicted octanol–water partition coefficient (Wildman–Crippen LogP) is 4.14. The van der Waals surface area contributed by atoms with Gasteiger partial charge >= 0.3 is 11.9 Å². The minimum atomic E-state index is -1.25. The number of esters is 2. The van der Waals surface area contributed by atoms with Crippen LogP contribution < -0.4 is 5.32 Å². The number of rotatable bonds is 3. The molecule has 0 unspecified atom stereocenters. The molecule has 0 radical (unpaired) electrons. The summed E-state index contributed by atoms with van der Waals surface area (Å²) in [6.07, 6.45) is 1.29. The molecule has 1 N–H and O–H groups in total. The normalized spacial score (nSPS) is 16.0. The van der Waals surface area contributed by atoms with E-state index in [-0.39, 0.29) is 5.57 Å². The second kappa shape index (κ2) is 6.61. The second-order valence-corrected chi connectivity index (χ2v) is 6.41. The lowest BCUT2D eigenvalue weighted by molar-refractivity contribution is -0.222. The molecule has 0 saturated carbocycles. The molecule has 1 heterocycles. The quantitative estimate of drug-likeness (QED) is 0.508. The van der Waals surface area contributed by atoms with Crippen molar-refractivity contribution in [3.8, 4) is 11.1 Å². The lowest BCUT2D eigenvalue weighted by Crippen LogP contribution is -2.42. The number of nitrogens with one attached hydrogen (secondary N) is 1. The number of anilines is 1. The van der Waals surface area contributed by atoms with Crippen molar-refractivity contribution < 1.29 is 19.1 Å². The van der Waals surface area contributed by atoms with Gasteiger partial charge in [0, 0.05) is 30.8 Å². The van der Waals surface area contributed by atoms with E-state index < -0.39 is 17.7 Å². The van der Waals surface area contributed by atoms with E-state index in [2.05, 4.69) is 5.32 Å². The maximum atomic E-state index is 11.9. The Balaban J connectivity index is 1.81. The van der Waals surface area contributed by atoms with E-state index in [0.717, 1.165) is 11.1 Å². The molecule has 25 heavy (non-hydrogen) atoms. The summed E-state index contributed by atoms with van der Waals surface area (Å²) in [5.74, 6) is -2.70. The molecule has 3 rings (SSSR count). The van der Waals surface area contributed by atoms with Crippen LogP contribution in [0.4, 0.5) is 5.69 Å². The molecule has 1 saturated heterocycles. The summed E-state index contributed by atoms with van der Waals surface area (Å²) in [5.41, 5.74) is 2.42. The largest absolute Gasteiger partial charge is 0.419 e. The number of hydrogen-bond acceptors (Lipinski definition) is 5. The molecular weight excluding hydrogens is 342 g/mol. The maximum absolute atomic E-state index is 11.9. The van der Waals surface area contributed by atoms with Crippen molar-refractivity contribution in [3.05, 3.63) is 65.3 Å². The SMILES string of the molecule is CC1(C)OC(=O)C(=CNc2cccc(-c3cccc(Cl)c3)c2)C(=O)O1. The molecular formula is C19H16ClNO4. The molecule has 0 bridgehead atoms. The maximum Gasteiger partial charge on any atom is 0.350 e. The monoisotopic (exact) mass is 357 g/mol. The first kappa shape index (κ1) is 17.0. The first-order chi connectivity index (χ1) is 11.8. The Kier molecular flexibility index (Phi) is 4.51. The fourth-order valence-corrected chi connectivity index (χ4v) is 2.58. The van der Waals surface area contributed by atoms with Crippen LogP contribution in [0, 0.1) is 0 Å². The minimum Gasteiger partial charge on any atom is -0.419 e. The average Bonchev–Trinajstić information content (AvgIpc) is 2.53. The van der Waals surface area contributed by atoms with Gasteiger partial charge in [-0.15, -0.1) is 0 Å². The van der Waals surface area contributed by atoms with Crippen molar-refractivity contribution in [1.29, 1.82) is 0 Å². The zero-order chi connectivity index (χ0) is 18.0. The number of benzene rings is 2. The smallest absolute Gasteiger partial charge is 0.350 e.